The van der Waals surface area contributed by atoms with Crippen LogP contribution in [0.5, 0.6) is 11.5 Å². The number of carbonyl (C=O) groups excluding carboxylic acids is 1. The smallest absolute Gasteiger partial charge is 0.257 e. The molecule has 0 aliphatic rings. The molecule has 0 saturated heterocycles. The molecule has 0 radical (unpaired) electrons. The van der Waals surface area contributed by atoms with Crippen molar-refractivity contribution in [3.8, 4) is 11.5 Å². The van der Waals surface area contributed by atoms with Gasteiger partial charge in [-0.15, -0.1) is 0 Å². The summed E-state index contributed by atoms with van der Waals surface area (Å²) in [6.45, 7) is 2.39. The van der Waals surface area contributed by atoms with Gasteiger partial charge in [0.15, 0.2) is 16.6 Å². The second-order valence-electron chi connectivity index (χ2n) is 4.83. The fourth-order valence-corrected chi connectivity index (χ4v) is 2.10. The number of hydrogen-bond acceptors (Lipinski definition) is 4. The van der Waals surface area contributed by atoms with Crippen molar-refractivity contribution in [3.63, 3.8) is 0 Å². The monoisotopic (exact) mass is 348 g/mol. The van der Waals surface area contributed by atoms with Gasteiger partial charge in [-0.05, 0) is 55.0 Å². The maximum Gasteiger partial charge on any atom is 0.257 e. The van der Waals surface area contributed by atoms with E-state index in [2.05, 4.69) is 17.5 Å². The van der Waals surface area contributed by atoms with Crippen molar-refractivity contribution >= 4 is 23.2 Å². The van der Waals surface area contributed by atoms with Crippen molar-refractivity contribution in [1.82, 2.24) is 5.32 Å². The van der Waals surface area contributed by atoms with Gasteiger partial charge in [-0.3, -0.25) is 10.1 Å². The normalized spacial score (nSPS) is 10.1. The van der Waals surface area contributed by atoms with Crippen molar-refractivity contribution in [1.29, 1.82) is 0 Å². The Kier molecular flexibility index (Phi) is 6.08. The van der Waals surface area contributed by atoms with E-state index < -0.39 is 5.91 Å². The third kappa shape index (κ3) is 4.92. The van der Waals surface area contributed by atoms with E-state index in [0.717, 1.165) is 0 Å². The fraction of sp³-hybridized carbons (Fsp3) is 0.176. The van der Waals surface area contributed by atoms with E-state index >= 15 is 0 Å². The third-order valence-electron chi connectivity index (χ3n) is 3.03. The second kappa shape index (κ2) is 8.26. The van der Waals surface area contributed by atoms with Gasteiger partial charge in [0, 0.05) is 5.56 Å². The van der Waals surface area contributed by atoms with E-state index in [1.807, 2.05) is 6.92 Å². The van der Waals surface area contributed by atoms with E-state index in [1.54, 1.807) is 24.3 Å². The number of nitrogens with two attached hydrogens (primary N) is 1. The molecule has 0 fully saturated rings. The Bertz CT molecular complexity index is 752. The number of thiocarbonyl (C=S) groups is 1. The Morgan fingerprint density at radius 3 is 2.67 bits per heavy atom. The van der Waals surface area contributed by atoms with Gasteiger partial charge < -0.3 is 15.2 Å². The maximum absolute atomic E-state index is 13.2. The first kappa shape index (κ1) is 17.7. The van der Waals surface area contributed by atoms with Crippen LogP contribution in [0.4, 0.5) is 4.39 Å². The van der Waals surface area contributed by atoms with E-state index in [1.165, 1.54) is 18.2 Å². The standard InChI is InChI=1S/C17H17FN2O3S/c1-2-22-15-9-12(16(21)20-17(19)24)6-7-14(15)23-10-11-4-3-5-13(18)8-11/h3-9H,2,10H2,1H3,(H3,19,20,21,24). The molecule has 0 atom stereocenters. The van der Waals surface area contributed by atoms with Gasteiger partial charge in [0.25, 0.3) is 5.91 Å². The molecule has 126 valence electrons. The lowest BCUT2D eigenvalue weighted by atomic mass is 10.2. The lowest BCUT2D eigenvalue weighted by Crippen LogP contribution is -2.34. The zero-order valence-corrected chi connectivity index (χ0v) is 13.9. The summed E-state index contributed by atoms with van der Waals surface area (Å²) in [7, 11) is 0. The Labute approximate surface area is 144 Å². The van der Waals surface area contributed by atoms with Gasteiger partial charge in [0.1, 0.15) is 12.4 Å². The molecule has 1 amide bonds. The zero-order chi connectivity index (χ0) is 17.5. The minimum atomic E-state index is -0.430. The number of benzene rings is 2. The molecule has 2 aromatic rings. The molecule has 0 unspecified atom stereocenters. The largest absolute Gasteiger partial charge is 0.490 e. The summed E-state index contributed by atoms with van der Waals surface area (Å²) in [6, 6.07) is 10.8. The van der Waals surface area contributed by atoms with Gasteiger partial charge in [-0.2, -0.15) is 0 Å². The molecule has 0 heterocycles. The molecule has 0 aromatic heterocycles. The molecule has 2 aromatic carbocycles. The molecule has 0 aliphatic heterocycles. The maximum atomic E-state index is 13.2. The van der Waals surface area contributed by atoms with Crippen molar-refractivity contribution < 1.29 is 18.7 Å². The Balaban J connectivity index is 2.16. The van der Waals surface area contributed by atoms with Crippen LogP contribution in [0.1, 0.15) is 22.8 Å². The van der Waals surface area contributed by atoms with Crippen molar-refractivity contribution in [2.24, 2.45) is 5.73 Å². The van der Waals surface area contributed by atoms with Gasteiger partial charge >= 0.3 is 0 Å². The SMILES string of the molecule is CCOc1cc(C(=O)NC(N)=S)ccc1OCc1cccc(F)c1. The van der Waals surface area contributed by atoms with Crippen LogP contribution in [-0.2, 0) is 6.61 Å². The topological polar surface area (TPSA) is 73.6 Å². The number of hydrogen-bond donors (Lipinski definition) is 2. The third-order valence-corrected chi connectivity index (χ3v) is 3.13. The van der Waals surface area contributed by atoms with Crippen LogP contribution in [0.2, 0.25) is 0 Å². The predicted molar refractivity (Wildman–Crippen MR) is 92.6 cm³/mol. The number of rotatable bonds is 6. The number of carbonyl (C=O) groups is 1. The van der Waals surface area contributed by atoms with Crippen LogP contribution in [0.3, 0.4) is 0 Å². The van der Waals surface area contributed by atoms with Crippen LogP contribution in [0, 0.1) is 5.82 Å². The lowest BCUT2D eigenvalue weighted by molar-refractivity contribution is 0.0977. The van der Waals surface area contributed by atoms with Gasteiger partial charge in [-0.25, -0.2) is 4.39 Å². The first-order valence-corrected chi connectivity index (χ1v) is 7.65. The fourth-order valence-electron chi connectivity index (χ4n) is 2.01. The molecule has 3 N–H and O–H groups in total. The summed E-state index contributed by atoms with van der Waals surface area (Å²) in [5.41, 5.74) is 6.32. The van der Waals surface area contributed by atoms with Crippen LogP contribution in [0.25, 0.3) is 0 Å². The molecule has 0 spiro atoms. The molecule has 7 heteroatoms. The highest BCUT2D eigenvalue weighted by Crippen LogP contribution is 2.29. The Hall–Kier alpha value is -2.67. The average Bonchev–Trinajstić information content (AvgIpc) is 2.53. The van der Waals surface area contributed by atoms with E-state index in [0.29, 0.717) is 29.2 Å². The van der Waals surface area contributed by atoms with Crippen molar-refractivity contribution in [3.05, 3.63) is 59.4 Å². The number of ether oxygens (including phenoxy) is 2. The summed E-state index contributed by atoms with van der Waals surface area (Å²) >= 11 is 4.65. The highest BCUT2D eigenvalue weighted by molar-refractivity contribution is 7.80. The molecule has 2 rings (SSSR count). The highest BCUT2D eigenvalue weighted by atomic mass is 32.1. The Morgan fingerprint density at radius 2 is 2.00 bits per heavy atom. The molecule has 0 saturated carbocycles. The Morgan fingerprint density at radius 1 is 1.21 bits per heavy atom. The zero-order valence-electron chi connectivity index (χ0n) is 13.0. The molecule has 5 nitrogen and oxygen atoms in total. The first-order valence-electron chi connectivity index (χ1n) is 7.24. The van der Waals surface area contributed by atoms with Crippen molar-refractivity contribution in [2.75, 3.05) is 6.61 Å². The molecular formula is C17H17FN2O3S. The summed E-state index contributed by atoms with van der Waals surface area (Å²) < 4.78 is 24.4. The molecule has 0 bridgehead atoms. The van der Waals surface area contributed by atoms with E-state index in [9.17, 15) is 9.18 Å². The lowest BCUT2D eigenvalue weighted by Gasteiger charge is -2.13. The number of amides is 1. The van der Waals surface area contributed by atoms with E-state index in [-0.39, 0.29) is 17.5 Å². The predicted octanol–water partition coefficient (Wildman–Crippen LogP) is 2.78. The molecular weight excluding hydrogens is 331 g/mol. The van der Waals surface area contributed by atoms with Gasteiger partial charge in [-0.1, -0.05) is 12.1 Å². The summed E-state index contributed by atoms with van der Waals surface area (Å²) in [5, 5.41) is 2.24. The van der Waals surface area contributed by atoms with E-state index in [4.69, 9.17) is 15.2 Å². The first-order chi connectivity index (χ1) is 11.5. The summed E-state index contributed by atoms with van der Waals surface area (Å²) in [5.74, 6) is 0.100. The van der Waals surface area contributed by atoms with Gasteiger partial charge in [0.2, 0.25) is 0 Å². The minimum absolute atomic E-state index is 0.107. The minimum Gasteiger partial charge on any atom is -0.490 e. The van der Waals surface area contributed by atoms with Crippen molar-refractivity contribution in [2.45, 2.75) is 13.5 Å². The van der Waals surface area contributed by atoms with Crippen LogP contribution >= 0.6 is 12.2 Å². The highest BCUT2D eigenvalue weighted by Gasteiger charge is 2.12. The quantitative estimate of drug-likeness (QED) is 0.786. The van der Waals surface area contributed by atoms with Gasteiger partial charge in [0.05, 0.1) is 6.61 Å². The summed E-state index contributed by atoms with van der Waals surface area (Å²) in [4.78, 5) is 11.9. The van der Waals surface area contributed by atoms with Crippen LogP contribution < -0.4 is 20.5 Å². The van der Waals surface area contributed by atoms with Crippen LogP contribution in [-0.4, -0.2) is 17.6 Å². The van der Waals surface area contributed by atoms with Crippen LogP contribution in [0.15, 0.2) is 42.5 Å². The number of halogens is 1. The second-order valence-corrected chi connectivity index (χ2v) is 5.27. The average molecular weight is 348 g/mol. The summed E-state index contributed by atoms with van der Waals surface area (Å²) in [6.07, 6.45) is 0. The molecule has 0 aliphatic carbocycles. The molecule has 24 heavy (non-hydrogen) atoms. The number of nitrogens with one attached hydrogen (secondary N) is 1.